The van der Waals surface area contributed by atoms with Gasteiger partial charge in [0.25, 0.3) is 5.56 Å². The molecular weight excluding hydrogens is 328 g/mol. The van der Waals surface area contributed by atoms with Crippen LogP contribution in [0.5, 0.6) is 5.75 Å². The van der Waals surface area contributed by atoms with E-state index in [1.54, 1.807) is 6.20 Å². The van der Waals surface area contributed by atoms with Gasteiger partial charge in [0.15, 0.2) is 0 Å². The minimum Gasteiger partial charge on any atom is -0.489 e. The molecule has 0 bridgehead atoms. The molecule has 0 aliphatic carbocycles. The number of anilines is 1. The lowest BCUT2D eigenvalue weighted by atomic mass is 10.1. The van der Waals surface area contributed by atoms with Crippen LogP contribution in [0.2, 0.25) is 0 Å². The topological polar surface area (TPSA) is 96.8 Å². The second-order valence-electron chi connectivity index (χ2n) is 6.08. The molecule has 0 amide bonds. The van der Waals surface area contributed by atoms with Crippen LogP contribution in [0, 0.1) is 0 Å². The summed E-state index contributed by atoms with van der Waals surface area (Å²) in [5, 5.41) is 0. The highest BCUT2D eigenvalue weighted by atomic mass is 16.5. The van der Waals surface area contributed by atoms with Crippen molar-refractivity contribution in [2.45, 2.75) is 13.0 Å². The van der Waals surface area contributed by atoms with Crippen LogP contribution < -0.4 is 16.0 Å². The van der Waals surface area contributed by atoms with Crippen molar-refractivity contribution in [3.63, 3.8) is 0 Å². The van der Waals surface area contributed by atoms with Crippen LogP contribution >= 0.6 is 0 Å². The third-order valence-electron chi connectivity index (χ3n) is 4.20. The first kappa shape index (κ1) is 16.0. The van der Waals surface area contributed by atoms with Crippen molar-refractivity contribution in [1.82, 2.24) is 15.0 Å². The van der Waals surface area contributed by atoms with Crippen LogP contribution in [0.4, 0.5) is 5.95 Å². The standard InChI is InChI=1S/C20H18N4O2/c21-20-23-17-15(11-22-18(17)19(25)24-20)10-13-6-8-16(9-7-13)26-12-14-4-2-1-3-5-14/h1-9,11,22H,10,12H2,(H3,21,23,24,25). The van der Waals surface area contributed by atoms with Crippen molar-refractivity contribution in [3.05, 3.63) is 87.8 Å². The summed E-state index contributed by atoms with van der Waals surface area (Å²) >= 11 is 0. The molecule has 4 rings (SSSR count). The van der Waals surface area contributed by atoms with Gasteiger partial charge in [0.1, 0.15) is 23.4 Å². The largest absolute Gasteiger partial charge is 0.489 e. The predicted octanol–water partition coefficient (Wildman–Crippen LogP) is 3.00. The molecule has 0 saturated carbocycles. The summed E-state index contributed by atoms with van der Waals surface area (Å²) in [4.78, 5) is 21.6. The molecule has 4 N–H and O–H groups in total. The molecule has 6 heteroatoms. The van der Waals surface area contributed by atoms with Crippen LogP contribution in [0.15, 0.2) is 65.6 Å². The molecule has 2 aromatic heterocycles. The Hall–Kier alpha value is -3.54. The van der Waals surface area contributed by atoms with Gasteiger partial charge in [0, 0.05) is 18.2 Å². The van der Waals surface area contributed by atoms with E-state index in [9.17, 15) is 4.79 Å². The first-order valence-electron chi connectivity index (χ1n) is 8.30. The van der Waals surface area contributed by atoms with Crippen LogP contribution in [0.3, 0.4) is 0 Å². The van der Waals surface area contributed by atoms with E-state index in [1.807, 2.05) is 54.6 Å². The fraction of sp³-hybridized carbons (Fsp3) is 0.100. The Morgan fingerprint density at radius 3 is 2.54 bits per heavy atom. The average molecular weight is 346 g/mol. The normalized spacial score (nSPS) is 10.9. The van der Waals surface area contributed by atoms with Gasteiger partial charge in [0.2, 0.25) is 5.95 Å². The molecule has 0 fully saturated rings. The zero-order valence-electron chi connectivity index (χ0n) is 14.0. The number of hydrogen-bond acceptors (Lipinski definition) is 4. The molecule has 130 valence electrons. The van der Waals surface area contributed by atoms with E-state index >= 15 is 0 Å². The molecule has 0 aliphatic heterocycles. The van der Waals surface area contributed by atoms with E-state index < -0.39 is 0 Å². The first-order chi connectivity index (χ1) is 12.7. The molecule has 0 unspecified atom stereocenters. The summed E-state index contributed by atoms with van der Waals surface area (Å²) in [6, 6.07) is 18.0. The number of rotatable bonds is 5. The number of nitrogens with two attached hydrogens (primary N) is 1. The molecule has 4 aromatic rings. The highest BCUT2D eigenvalue weighted by Crippen LogP contribution is 2.20. The number of ether oxygens (including phenoxy) is 1. The summed E-state index contributed by atoms with van der Waals surface area (Å²) in [7, 11) is 0. The molecule has 6 nitrogen and oxygen atoms in total. The van der Waals surface area contributed by atoms with Gasteiger partial charge in [0.05, 0.1) is 0 Å². The van der Waals surface area contributed by atoms with Crippen LogP contribution in [0.1, 0.15) is 16.7 Å². The number of nitrogens with one attached hydrogen (secondary N) is 2. The number of fused-ring (bicyclic) bond motifs is 1. The number of hydrogen-bond donors (Lipinski definition) is 3. The maximum Gasteiger partial charge on any atom is 0.276 e. The monoisotopic (exact) mass is 346 g/mol. The molecule has 0 saturated heterocycles. The lowest BCUT2D eigenvalue weighted by Crippen LogP contribution is -2.11. The molecule has 2 aromatic carbocycles. The van der Waals surface area contributed by atoms with E-state index in [1.165, 1.54) is 0 Å². The number of H-pyrrole nitrogens is 2. The Morgan fingerprint density at radius 1 is 1.00 bits per heavy atom. The van der Waals surface area contributed by atoms with E-state index in [0.29, 0.717) is 24.1 Å². The lowest BCUT2D eigenvalue weighted by molar-refractivity contribution is 0.306. The van der Waals surface area contributed by atoms with Crippen LogP contribution in [-0.4, -0.2) is 15.0 Å². The van der Waals surface area contributed by atoms with Gasteiger partial charge in [-0.25, -0.2) is 4.98 Å². The van der Waals surface area contributed by atoms with Gasteiger partial charge in [-0.3, -0.25) is 9.78 Å². The van der Waals surface area contributed by atoms with E-state index in [2.05, 4.69) is 15.0 Å². The van der Waals surface area contributed by atoms with E-state index in [4.69, 9.17) is 10.5 Å². The quantitative estimate of drug-likeness (QED) is 0.517. The predicted molar refractivity (Wildman–Crippen MR) is 101 cm³/mol. The fourth-order valence-electron chi connectivity index (χ4n) is 2.88. The maximum absolute atomic E-state index is 11.9. The molecular formula is C20H18N4O2. The number of aromatic nitrogens is 3. The summed E-state index contributed by atoms with van der Waals surface area (Å²) in [5.74, 6) is 0.934. The second-order valence-corrected chi connectivity index (χ2v) is 6.08. The Labute approximate surface area is 149 Å². The van der Waals surface area contributed by atoms with Crippen molar-refractivity contribution in [3.8, 4) is 5.75 Å². The van der Waals surface area contributed by atoms with Crippen LogP contribution in [0.25, 0.3) is 11.0 Å². The Kier molecular flexibility index (Phi) is 4.15. The Bertz CT molecular complexity index is 1080. The third-order valence-corrected chi connectivity index (χ3v) is 4.20. The smallest absolute Gasteiger partial charge is 0.276 e. The molecule has 0 atom stereocenters. The Morgan fingerprint density at radius 2 is 1.77 bits per heavy atom. The first-order valence-corrected chi connectivity index (χ1v) is 8.30. The van der Waals surface area contributed by atoms with Crippen molar-refractivity contribution in [2.24, 2.45) is 0 Å². The lowest BCUT2D eigenvalue weighted by Gasteiger charge is -2.07. The van der Waals surface area contributed by atoms with Gasteiger partial charge in [-0.1, -0.05) is 42.5 Å². The molecule has 2 heterocycles. The zero-order valence-corrected chi connectivity index (χ0v) is 14.0. The van der Waals surface area contributed by atoms with E-state index in [-0.39, 0.29) is 11.5 Å². The number of benzene rings is 2. The summed E-state index contributed by atoms with van der Waals surface area (Å²) in [6.07, 6.45) is 2.45. The van der Waals surface area contributed by atoms with Gasteiger partial charge < -0.3 is 15.5 Å². The SMILES string of the molecule is Nc1nc2c(Cc3ccc(OCc4ccccc4)cc3)c[nH]c2c(=O)[nH]1. The molecule has 0 aliphatic rings. The van der Waals surface area contributed by atoms with Gasteiger partial charge in [-0.05, 0) is 23.3 Å². The highest BCUT2D eigenvalue weighted by Gasteiger charge is 2.10. The van der Waals surface area contributed by atoms with Crippen molar-refractivity contribution < 1.29 is 4.74 Å². The minimum atomic E-state index is -0.261. The van der Waals surface area contributed by atoms with Crippen molar-refractivity contribution in [1.29, 1.82) is 0 Å². The number of nitrogen functional groups attached to an aromatic ring is 1. The molecule has 0 radical (unpaired) electrons. The number of nitrogens with zero attached hydrogens (tertiary/aromatic N) is 1. The minimum absolute atomic E-state index is 0.119. The van der Waals surface area contributed by atoms with Gasteiger partial charge in [-0.15, -0.1) is 0 Å². The summed E-state index contributed by atoms with van der Waals surface area (Å²) in [5.41, 5.74) is 9.59. The summed E-state index contributed by atoms with van der Waals surface area (Å²) < 4.78 is 5.80. The molecule has 26 heavy (non-hydrogen) atoms. The van der Waals surface area contributed by atoms with Gasteiger partial charge >= 0.3 is 0 Å². The fourth-order valence-corrected chi connectivity index (χ4v) is 2.88. The van der Waals surface area contributed by atoms with E-state index in [0.717, 1.165) is 22.4 Å². The number of aromatic amines is 2. The Balaban J connectivity index is 1.49. The van der Waals surface area contributed by atoms with Crippen molar-refractivity contribution in [2.75, 3.05) is 5.73 Å². The highest BCUT2D eigenvalue weighted by molar-refractivity contribution is 5.79. The average Bonchev–Trinajstić information content (AvgIpc) is 3.05. The maximum atomic E-state index is 11.9. The zero-order chi connectivity index (χ0) is 17.9. The second kappa shape index (κ2) is 6.76. The molecule has 0 spiro atoms. The third kappa shape index (κ3) is 3.30. The van der Waals surface area contributed by atoms with Crippen LogP contribution in [-0.2, 0) is 13.0 Å². The van der Waals surface area contributed by atoms with Gasteiger partial charge in [-0.2, -0.15) is 0 Å². The van der Waals surface area contributed by atoms with Crippen molar-refractivity contribution >= 4 is 17.0 Å². The summed E-state index contributed by atoms with van der Waals surface area (Å²) in [6.45, 7) is 0.536.